The Hall–Kier alpha value is -3.31. The summed E-state index contributed by atoms with van der Waals surface area (Å²) in [5.74, 6) is 2.51. The molecule has 0 aliphatic rings. The van der Waals surface area contributed by atoms with Gasteiger partial charge in [0, 0.05) is 23.8 Å². The number of ether oxygens (including phenoxy) is 3. The first kappa shape index (κ1) is 38.1. The predicted octanol–water partition coefficient (Wildman–Crippen LogP) is 12.0. The van der Waals surface area contributed by atoms with Crippen LogP contribution in [0.15, 0.2) is 54.6 Å². The summed E-state index contributed by atoms with van der Waals surface area (Å²) in [5.41, 5.74) is 5.35. The molecule has 0 fully saturated rings. The highest BCUT2D eigenvalue weighted by atomic mass is 16.5. The molecule has 0 atom stereocenters. The van der Waals surface area contributed by atoms with Crippen molar-refractivity contribution in [2.45, 2.75) is 137 Å². The van der Waals surface area contributed by atoms with Gasteiger partial charge in [-0.25, -0.2) is 0 Å². The van der Waals surface area contributed by atoms with Crippen molar-refractivity contribution in [3.63, 3.8) is 0 Å². The van der Waals surface area contributed by atoms with Crippen molar-refractivity contribution in [3.05, 3.63) is 76.9 Å². The van der Waals surface area contributed by atoms with Crippen molar-refractivity contribution in [3.8, 4) is 23.0 Å². The molecule has 3 aromatic carbocycles. The minimum atomic E-state index is -0.236. The average molecular weight is 644 g/mol. The first-order valence-electron chi connectivity index (χ1n) is 17.6. The highest BCUT2D eigenvalue weighted by Crippen LogP contribution is 2.44. The van der Waals surface area contributed by atoms with Crippen molar-refractivity contribution in [1.82, 2.24) is 0 Å². The number of carbonyl (C=O) groups excluding carboxylic acids is 1. The number of rotatable bonds is 16. The Bertz CT molecular complexity index is 1520. The molecular formula is C42H61NO4. The topological polar surface area (TPSA) is 56.8 Å². The Morgan fingerprint density at radius 1 is 0.574 bits per heavy atom. The van der Waals surface area contributed by atoms with Crippen molar-refractivity contribution < 1.29 is 19.0 Å². The first-order chi connectivity index (χ1) is 21.9. The van der Waals surface area contributed by atoms with Gasteiger partial charge in [0.05, 0.1) is 5.69 Å². The first-order valence-corrected chi connectivity index (χ1v) is 17.6. The van der Waals surface area contributed by atoms with Gasteiger partial charge in [0.15, 0.2) is 5.75 Å². The Morgan fingerprint density at radius 2 is 1.04 bits per heavy atom. The van der Waals surface area contributed by atoms with Crippen LogP contribution in [0.5, 0.6) is 23.0 Å². The molecule has 1 N–H and O–H groups in total. The molecule has 0 radical (unpaired) electrons. The highest BCUT2D eigenvalue weighted by Gasteiger charge is 2.29. The molecule has 5 heteroatoms. The molecule has 0 aliphatic carbocycles. The van der Waals surface area contributed by atoms with E-state index in [0.29, 0.717) is 23.8 Å². The van der Waals surface area contributed by atoms with E-state index in [1.165, 1.54) is 16.7 Å². The zero-order chi connectivity index (χ0) is 35.2. The maximum atomic E-state index is 12.8. The Morgan fingerprint density at radius 3 is 1.49 bits per heavy atom. The number of hydrogen-bond acceptors (Lipinski definition) is 4. The van der Waals surface area contributed by atoms with Gasteiger partial charge >= 0.3 is 0 Å². The fourth-order valence-corrected chi connectivity index (χ4v) is 5.31. The molecule has 5 nitrogen and oxygen atoms in total. The fourth-order valence-electron chi connectivity index (χ4n) is 5.31. The highest BCUT2D eigenvalue weighted by molar-refractivity contribution is 5.93. The second kappa shape index (κ2) is 15.3. The van der Waals surface area contributed by atoms with Crippen molar-refractivity contribution in [2.75, 3.05) is 18.5 Å². The molecule has 0 saturated carbocycles. The summed E-state index contributed by atoms with van der Waals surface area (Å²) >= 11 is 0. The van der Waals surface area contributed by atoms with E-state index >= 15 is 0 Å². The van der Waals surface area contributed by atoms with Crippen LogP contribution in [-0.4, -0.2) is 19.1 Å². The minimum absolute atomic E-state index is 0.0287. The molecule has 0 bridgehead atoms. The van der Waals surface area contributed by atoms with Gasteiger partial charge in [0.1, 0.15) is 23.9 Å². The van der Waals surface area contributed by atoms with E-state index in [2.05, 4.69) is 125 Å². The van der Waals surface area contributed by atoms with Crippen LogP contribution in [-0.2, 0) is 31.2 Å². The summed E-state index contributed by atoms with van der Waals surface area (Å²) in [4.78, 5) is 12.8. The van der Waals surface area contributed by atoms with Crippen LogP contribution in [0.25, 0.3) is 0 Å². The SMILES string of the molecule is CCOCC(=O)Nc1ccc(Oc2ccc(C(C)(C)CC)cc2C(C)(C)CC)cc1Oc1ccc(C(C)(C)CC)cc1C(C)(C)CC. The molecule has 47 heavy (non-hydrogen) atoms. The fraction of sp³-hybridized carbons (Fsp3) is 0.548. The van der Waals surface area contributed by atoms with E-state index in [4.69, 9.17) is 14.2 Å². The molecule has 0 aromatic heterocycles. The van der Waals surface area contributed by atoms with Gasteiger partial charge in [0.2, 0.25) is 5.91 Å². The van der Waals surface area contributed by atoms with Gasteiger partial charge < -0.3 is 19.5 Å². The second-order valence-electron chi connectivity index (χ2n) is 15.4. The van der Waals surface area contributed by atoms with Crippen LogP contribution in [0.2, 0.25) is 0 Å². The van der Waals surface area contributed by atoms with E-state index in [1.54, 1.807) is 0 Å². The zero-order valence-electron chi connectivity index (χ0n) is 31.6. The van der Waals surface area contributed by atoms with Gasteiger partial charge in [-0.3, -0.25) is 4.79 Å². The number of anilines is 1. The summed E-state index contributed by atoms with van der Waals surface area (Å²) in [6, 6.07) is 18.8. The van der Waals surface area contributed by atoms with Crippen molar-refractivity contribution >= 4 is 11.6 Å². The van der Waals surface area contributed by atoms with Crippen LogP contribution >= 0.6 is 0 Å². The van der Waals surface area contributed by atoms with E-state index in [9.17, 15) is 4.79 Å². The van der Waals surface area contributed by atoms with Crippen LogP contribution < -0.4 is 14.8 Å². The minimum Gasteiger partial charge on any atom is -0.457 e. The maximum Gasteiger partial charge on any atom is 0.250 e. The van der Waals surface area contributed by atoms with Crippen LogP contribution in [0, 0.1) is 0 Å². The third-order valence-corrected chi connectivity index (χ3v) is 10.6. The molecule has 258 valence electrons. The van der Waals surface area contributed by atoms with Crippen molar-refractivity contribution in [2.24, 2.45) is 0 Å². The lowest BCUT2D eigenvalue weighted by molar-refractivity contribution is -0.120. The Labute approximate surface area is 285 Å². The van der Waals surface area contributed by atoms with E-state index in [0.717, 1.165) is 42.7 Å². The summed E-state index contributed by atoms with van der Waals surface area (Å²) in [6.45, 7) is 29.4. The number of hydrogen-bond donors (Lipinski definition) is 1. The monoisotopic (exact) mass is 643 g/mol. The molecule has 0 saturated heterocycles. The van der Waals surface area contributed by atoms with Gasteiger partial charge in [0.25, 0.3) is 0 Å². The van der Waals surface area contributed by atoms with Gasteiger partial charge in [-0.05, 0) is 89.7 Å². The van der Waals surface area contributed by atoms with Gasteiger partial charge in [-0.15, -0.1) is 0 Å². The lowest BCUT2D eigenvalue weighted by Crippen LogP contribution is -2.21. The molecule has 0 aliphatic heterocycles. The zero-order valence-corrected chi connectivity index (χ0v) is 31.6. The van der Waals surface area contributed by atoms with E-state index in [-0.39, 0.29) is 34.2 Å². The number of carbonyl (C=O) groups is 1. The molecule has 1 amide bonds. The lowest BCUT2D eigenvalue weighted by atomic mass is 9.76. The number of benzene rings is 3. The van der Waals surface area contributed by atoms with Gasteiger partial charge in [-0.1, -0.05) is 107 Å². The smallest absolute Gasteiger partial charge is 0.250 e. The Balaban J connectivity index is 2.16. The third kappa shape index (κ3) is 9.19. The normalized spacial score (nSPS) is 12.6. The van der Waals surface area contributed by atoms with Crippen molar-refractivity contribution in [1.29, 1.82) is 0 Å². The van der Waals surface area contributed by atoms with Crippen LogP contribution in [0.3, 0.4) is 0 Å². The van der Waals surface area contributed by atoms with Crippen LogP contribution in [0.1, 0.15) is 138 Å². The molecule has 0 heterocycles. The predicted molar refractivity (Wildman–Crippen MR) is 198 cm³/mol. The van der Waals surface area contributed by atoms with Crippen LogP contribution in [0.4, 0.5) is 5.69 Å². The van der Waals surface area contributed by atoms with E-state index < -0.39 is 0 Å². The Kier molecular flexibility index (Phi) is 12.4. The molecular weight excluding hydrogens is 582 g/mol. The van der Waals surface area contributed by atoms with E-state index in [1.807, 2.05) is 25.1 Å². The van der Waals surface area contributed by atoms with Gasteiger partial charge in [-0.2, -0.15) is 0 Å². The molecule has 0 unspecified atom stereocenters. The summed E-state index contributed by atoms with van der Waals surface area (Å²) in [5, 5.41) is 3.00. The summed E-state index contributed by atoms with van der Waals surface area (Å²) in [7, 11) is 0. The summed E-state index contributed by atoms with van der Waals surface area (Å²) < 4.78 is 18.8. The molecule has 3 aromatic rings. The second-order valence-corrected chi connectivity index (χ2v) is 15.4. The summed E-state index contributed by atoms with van der Waals surface area (Å²) in [6.07, 6.45) is 3.99. The standard InChI is InChI=1S/C42H61NO4/c1-14-39(6,7)29-19-23-35(32(25-29)41(10,11)16-3)46-31-21-22-34(43-38(44)28-45-18-5)37(27-31)47-36-24-20-30(40(8,9)15-2)26-33(36)42(12,13)17-4/h19-27H,14-18,28H2,1-13H3,(H,43,44). The molecule has 0 spiro atoms. The third-order valence-electron chi connectivity index (χ3n) is 10.6. The lowest BCUT2D eigenvalue weighted by Gasteiger charge is -2.31. The largest absolute Gasteiger partial charge is 0.457 e. The molecule has 3 rings (SSSR count). The quantitative estimate of drug-likeness (QED) is 0.169. The number of nitrogens with one attached hydrogen (secondary N) is 1. The number of amides is 1. The maximum absolute atomic E-state index is 12.8. The average Bonchev–Trinajstić information content (AvgIpc) is 3.04.